The second kappa shape index (κ2) is 8.72. The van der Waals surface area contributed by atoms with E-state index in [-0.39, 0.29) is 23.1 Å². The lowest BCUT2D eigenvalue weighted by Gasteiger charge is -2.27. The molecule has 2 aromatic carbocycles. The number of para-hydroxylation sites is 2. The first-order valence-corrected chi connectivity index (χ1v) is 10.7. The summed E-state index contributed by atoms with van der Waals surface area (Å²) in [6, 6.07) is 16.9. The third-order valence-corrected chi connectivity index (χ3v) is 6.16. The quantitative estimate of drug-likeness (QED) is 0.483. The highest BCUT2D eigenvalue weighted by Gasteiger charge is 2.30. The van der Waals surface area contributed by atoms with Crippen LogP contribution in [-0.2, 0) is 4.79 Å². The first-order chi connectivity index (χ1) is 14.3. The molecule has 0 saturated heterocycles. The Labute approximate surface area is 179 Å². The van der Waals surface area contributed by atoms with Crippen molar-refractivity contribution in [2.45, 2.75) is 38.4 Å². The van der Waals surface area contributed by atoms with E-state index in [1.54, 1.807) is 23.6 Å². The molecule has 7 heteroatoms. The molecule has 0 bridgehead atoms. The highest BCUT2D eigenvalue weighted by Crippen LogP contribution is 2.23. The summed E-state index contributed by atoms with van der Waals surface area (Å²) in [6.45, 7) is 7.41. The number of nitrogens with one attached hydrogen (secondary N) is 1. The zero-order valence-electron chi connectivity index (χ0n) is 17.5. The first kappa shape index (κ1) is 21.6. The molecule has 1 amide bonds. The SMILES string of the molecule is Cc1ccccc1-n1c(SCC(=O)N[C@](C)(C#N)C(C)C)nc2ccccc2c1=O. The molecule has 3 rings (SSSR count). The van der Waals surface area contributed by atoms with Crippen LogP contribution < -0.4 is 10.9 Å². The second-order valence-electron chi connectivity index (χ2n) is 7.64. The number of hydrogen-bond donors (Lipinski definition) is 1. The van der Waals surface area contributed by atoms with E-state index in [1.165, 1.54) is 11.8 Å². The van der Waals surface area contributed by atoms with Crippen LogP contribution in [0.3, 0.4) is 0 Å². The maximum atomic E-state index is 13.3. The minimum atomic E-state index is -0.954. The molecule has 0 radical (unpaired) electrons. The van der Waals surface area contributed by atoms with Crippen LogP contribution in [0.15, 0.2) is 58.5 Å². The molecule has 1 atom stereocenters. The van der Waals surface area contributed by atoms with Gasteiger partial charge >= 0.3 is 0 Å². The molecular formula is C23H24N4O2S. The van der Waals surface area contributed by atoms with Gasteiger partial charge in [-0.05, 0) is 43.5 Å². The van der Waals surface area contributed by atoms with E-state index in [1.807, 2.05) is 57.2 Å². The van der Waals surface area contributed by atoms with Gasteiger partial charge in [0.15, 0.2) is 5.16 Å². The fraction of sp³-hybridized carbons (Fsp3) is 0.304. The standard InChI is InChI=1S/C23H24N4O2S/c1-15(2)23(4,14-24)26-20(28)13-30-22-25-18-11-7-6-10-17(18)21(29)27(22)19-12-8-5-9-16(19)3/h5-12,15H,13H2,1-4H3,(H,26,28)/t23-/m1/s1. The van der Waals surface area contributed by atoms with Gasteiger partial charge in [0.05, 0.1) is 28.4 Å². The van der Waals surface area contributed by atoms with E-state index < -0.39 is 5.54 Å². The van der Waals surface area contributed by atoms with Gasteiger partial charge in [0, 0.05) is 0 Å². The van der Waals surface area contributed by atoms with Gasteiger partial charge in [0.1, 0.15) is 5.54 Å². The molecule has 1 aromatic heterocycles. The number of nitriles is 1. The number of rotatable bonds is 6. The summed E-state index contributed by atoms with van der Waals surface area (Å²) in [6.07, 6.45) is 0. The van der Waals surface area contributed by atoms with Gasteiger partial charge in [0.2, 0.25) is 5.91 Å². The van der Waals surface area contributed by atoms with Crippen molar-refractivity contribution >= 4 is 28.6 Å². The number of hydrogen-bond acceptors (Lipinski definition) is 5. The van der Waals surface area contributed by atoms with E-state index in [4.69, 9.17) is 0 Å². The molecule has 1 N–H and O–H groups in total. The number of fused-ring (bicyclic) bond motifs is 1. The summed E-state index contributed by atoms with van der Waals surface area (Å²) in [5, 5.41) is 13.2. The first-order valence-electron chi connectivity index (χ1n) is 9.69. The molecule has 0 aliphatic rings. The van der Waals surface area contributed by atoms with Gasteiger partial charge in [-0.15, -0.1) is 0 Å². The molecule has 0 aliphatic carbocycles. The highest BCUT2D eigenvalue weighted by molar-refractivity contribution is 7.99. The van der Waals surface area contributed by atoms with Crippen molar-refractivity contribution in [1.82, 2.24) is 14.9 Å². The summed E-state index contributed by atoms with van der Waals surface area (Å²) in [4.78, 5) is 30.5. The van der Waals surface area contributed by atoms with Crippen molar-refractivity contribution in [3.05, 3.63) is 64.4 Å². The van der Waals surface area contributed by atoms with Crippen LogP contribution in [0.4, 0.5) is 0 Å². The Hall–Kier alpha value is -3.11. The monoisotopic (exact) mass is 420 g/mol. The molecule has 6 nitrogen and oxygen atoms in total. The smallest absolute Gasteiger partial charge is 0.266 e. The number of amides is 1. The van der Waals surface area contributed by atoms with Crippen LogP contribution in [0.25, 0.3) is 16.6 Å². The number of benzene rings is 2. The zero-order chi connectivity index (χ0) is 21.9. The van der Waals surface area contributed by atoms with Crippen molar-refractivity contribution in [2.24, 2.45) is 5.92 Å². The molecule has 0 aliphatic heterocycles. The van der Waals surface area contributed by atoms with E-state index >= 15 is 0 Å². The normalized spacial score (nSPS) is 13.1. The van der Waals surface area contributed by atoms with Crippen molar-refractivity contribution in [3.63, 3.8) is 0 Å². The van der Waals surface area contributed by atoms with Gasteiger partial charge in [-0.1, -0.05) is 55.9 Å². The lowest BCUT2D eigenvalue weighted by Crippen LogP contribution is -2.49. The Morgan fingerprint density at radius 2 is 1.90 bits per heavy atom. The molecule has 0 unspecified atom stereocenters. The maximum Gasteiger partial charge on any atom is 0.266 e. The maximum absolute atomic E-state index is 13.3. The fourth-order valence-electron chi connectivity index (χ4n) is 2.99. The Bertz CT molecular complexity index is 1200. The van der Waals surface area contributed by atoms with E-state index in [9.17, 15) is 14.9 Å². The molecule has 0 spiro atoms. The number of aromatic nitrogens is 2. The highest BCUT2D eigenvalue weighted by atomic mass is 32.2. The number of thioether (sulfide) groups is 1. The van der Waals surface area contributed by atoms with E-state index in [0.29, 0.717) is 16.1 Å². The topological polar surface area (TPSA) is 87.8 Å². The van der Waals surface area contributed by atoms with Crippen LogP contribution >= 0.6 is 11.8 Å². The predicted molar refractivity (Wildman–Crippen MR) is 120 cm³/mol. The summed E-state index contributed by atoms with van der Waals surface area (Å²) in [5.74, 6) is -0.280. The summed E-state index contributed by atoms with van der Waals surface area (Å²) >= 11 is 1.18. The van der Waals surface area contributed by atoms with Crippen molar-refractivity contribution in [2.75, 3.05) is 5.75 Å². The average molecular weight is 421 g/mol. The average Bonchev–Trinajstić information content (AvgIpc) is 2.73. The van der Waals surface area contributed by atoms with Gasteiger partial charge in [-0.25, -0.2) is 4.98 Å². The van der Waals surface area contributed by atoms with Crippen LogP contribution in [-0.4, -0.2) is 26.8 Å². The fourth-order valence-corrected chi connectivity index (χ4v) is 3.80. The lowest BCUT2D eigenvalue weighted by molar-refractivity contribution is -0.120. The third kappa shape index (κ3) is 4.24. The third-order valence-electron chi connectivity index (χ3n) is 5.22. The van der Waals surface area contributed by atoms with Gasteiger partial charge in [-0.2, -0.15) is 5.26 Å². The van der Waals surface area contributed by atoms with E-state index in [0.717, 1.165) is 11.3 Å². The molecular weight excluding hydrogens is 396 g/mol. The second-order valence-corrected chi connectivity index (χ2v) is 8.59. The minimum absolute atomic E-state index is 0.0413. The largest absolute Gasteiger partial charge is 0.337 e. The number of carbonyl (C=O) groups excluding carboxylic acids is 1. The lowest BCUT2D eigenvalue weighted by atomic mass is 9.90. The Morgan fingerprint density at radius 1 is 1.23 bits per heavy atom. The van der Waals surface area contributed by atoms with E-state index in [2.05, 4.69) is 16.4 Å². The summed E-state index contributed by atoms with van der Waals surface area (Å²) in [7, 11) is 0. The molecule has 3 aromatic rings. The van der Waals surface area contributed by atoms with Crippen LogP contribution in [0.2, 0.25) is 0 Å². The van der Waals surface area contributed by atoms with Crippen molar-refractivity contribution in [3.8, 4) is 11.8 Å². The summed E-state index contributed by atoms with van der Waals surface area (Å²) in [5.41, 5.74) is 1.11. The molecule has 0 saturated carbocycles. The Morgan fingerprint density at radius 3 is 2.57 bits per heavy atom. The number of nitrogens with zero attached hydrogens (tertiary/aromatic N) is 3. The minimum Gasteiger partial charge on any atom is -0.337 e. The van der Waals surface area contributed by atoms with Gasteiger partial charge in [0.25, 0.3) is 5.56 Å². The molecule has 154 valence electrons. The molecule has 1 heterocycles. The Kier molecular flexibility index (Phi) is 6.28. The predicted octanol–water partition coefficient (Wildman–Crippen LogP) is 3.84. The van der Waals surface area contributed by atoms with Crippen LogP contribution in [0, 0.1) is 24.2 Å². The van der Waals surface area contributed by atoms with Gasteiger partial charge in [-0.3, -0.25) is 14.2 Å². The Balaban J connectivity index is 2.00. The van der Waals surface area contributed by atoms with Crippen molar-refractivity contribution in [1.29, 1.82) is 5.26 Å². The number of carbonyl (C=O) groups is 1. The van der Waals surface area contributed by atoms with Crippen LogP contribution in [0.1, 0.15) is 26.3 Å². The molecule has 30 heavy (non-hydrogen) atoms. The summed E-state index contributed by atoms with van der Waals surface area (Å²) < 4.78 is 1.56. The van der Waals surface area contributed by atoms with Crippen molar-refractivity contribution < 1.29 is 4.79 Å². The number of aryl methyl sites for hydroxylation is 1. The zero-order valence-corrected chi connectivity index (χ0v) is 18.3. The molecule has 0 fully saturated rings. The van der Waals surface area contributed by atoms with Gasteiger partial charge < -0.3 is 5.32 Å². The van der Waals surface area contributed by atoms with Crippen LogP contribution in [0.5, 0.6) is 0 Å².